The molecule has 0 aromatic carbocycles. The van der Waals surface area contributed by atoms with Gasteiger partial charge >= 0.3 is 10.2 Å². The molecule has 1 amide bonds. The van der Waals surface area contributed by atoms with Crippen LogP contribution >= 0.6 is 0 Å². The predicted octanol–water partition coefficient (Wildman–Crippen LogP) is 1.40. The highest BCUT2D eigenvalue weighted by molar-refractivity contribution is 7.87. The van der Waals surface area contributed by atoms with Crippen LogP contribution in [0.5, 0.6) is 0 Å². The fourth-order valence-electron chi connectivity index (χ4n) is 3.78. The zero-order chi connectivity index (χ0) is 19.5. The maximum absolute atomic E-state index is 12.3. The van der Waals surface area contributed by atoms with Gasteiger partial charge in [-0.3, -0.25) is 9.59 Å². The summed E-state index contributed by atoms with van der Waals surface area (Å²) in [4.78, 5) is 26.2. The lowest BCUT2D eigenvalue weighted by atomic mass is 9.86. The second kappa shape index (κ2) is 8.80. The summed E-state index contributed by atoms with van der Waals surface area (Å²) < 4.78 is 28.1. The molecular formula is C18H33N3O4S. The Morgan fingerprint density at radius 1 is 0.885 bits per heavy atom. The Morgan fingerprint density at radius 3 is 1.88 bits per heavy atom. The lowest BCUT2D eigenvalue weighted by molar-refractivity contribution is -0.127. The van der Waals surface area contributed by atoms with Gasteiger partial charge in [-0.05, 0) is 38.8 Å². The van der Waals surface area contributed by atoms with E-state index in [1.807, 2.05) is 13.8 Å². The molecule has 2 aliphatic heterocycles. The van der Waals surface area contributed by atoms with Gasteiger partial charge in [-0.2, -0.15) is 12.7 Å². The van der Waals surface area contributed by atoms with E-state index in [4.69, 9.17) is 0 Å². The Hall–Kier alpha value is -0.990. The van der Waals surface area contributed by atoms with E-state index in [9.17, 15) is 18.0 Å². The number of rotatable bonds is 6. The molecule has 2 aliphatic rings. The Labute approximate surface area is 157 Å². The maximum Gasteiger partial charge on any atom is 0.303 e. The summed E-state index contributed by atoms with van der Waals surface area (Å²) in [6.07, 6.45) is 3.33. The molecule has 0 atom stereocenters. The van der Waals surface area contributed by atoms with Crippen molar-refractivity contribution < 1.29 is 18.0 Å². The first-order valence-electron chi connectivity index (χ1n) is 9.71. The van der Waals surface area contributed by atoms with Gasteiger partial charge in [0.15, 0.2) is 0 Å². The molecule has 0 spiro atoms. The average molecular weight is 388 g/mol. The van der Waals surface area contributed by atoms with Gasteiger partial charge in [-0.15, -0.1) is 0 Å². The van der Waals surface area contributed by atoms with Crippen molar-refractivity contribution in [1.82, 2.24) is 13.9 Å². The van der Waals surface area contributed by atoms with Crippen LogP contribution in [-0.2, 0) is 19.8 Å². The number of hydrogen-bond acceptors (Lipinski definition) is 5. The molecule has 0 saturated carbocycles. The summed E-state index contributed by atoms with van der Waals surface area (Å²) in [7, 11) is -3.74. The summed E-state index contributed by atoms with van der Waals surface area (Å²) in [5, 5.41) is 0. The first-order chi connectivity index (χ1) is 12.1. The Kier molecular flexibility index (Phi) is 7.21. The van der Waals surface area contributed by atoms with E-state index < -0.39 is 16.1 Å². The van der Waals surface area contributed by atoms with Gasteiger partial charge in [0.2, 0.25) is 5.91 Å². The van der Waals surface area contributed by atoms with Crippen molar-refractivity contribution in [1.29, 1.82) is 0 Å². The first-order valence-corrected chi connectivity index (χ1v) is 11.1. The van der Waals surface area contributed by atoms with E-state index in [-0.39, 0.29) is 17.8 Å². The molecule has 2 saturated heterocycles. The highest BCUT2D eigenvalue weighted by Gasteiger charge is 2.34. The van der Waals surface area contributed by atoms with Crippen molar-refractivity contribution in [2.24, 2.45) is 17.8 Å². The summed E-state index contributed by atoms with van der Waals surface area (Å²) in [5.74, 6) is -0.188. The van der Waals surface area contributed by atoms with E-state index in [0.29, 0.717) is 24.9 Å². The number of nitrogens with one attached hydrogen (secondary N) is 1. The molecular weight excluding hydrogens is 354 g/mol. The molecule has 1 N–H and O–H groups in total. The van der Waals surface area contributed by atoms with Crippen molar-refractivity contribution >= 4 is 21.9 Å². The Balaban J connectivity index is 1.82. The average Bonchev–Trinajstić information content (AvgIpc) is 2.60. The van der Waals surface area contributed by atoms with Gasteiger partial charge in [0, 0.05) is 36.9 Å². The lowest BCUT2D eigenvalue weighted by Crippen LogP contribution is -2.52. The van der Waals surface area contributed by atoms with E-state index in [2.05, 4.69) is 9.62 Å². The van der Waals surface area contributed by atoms with Crippen LogP contribution in [0.2, 0.25) is 0 Å². The SMILES string of the molecule is CC(C)C(=O)NS(=O)(=O)N1CCC(N2CCC(C(=O)C(C)C)CC2)CC1. The normalized spacial score (nSPS) is 22.1. The molecule has 2 rings (SSSR count). The second-order valence-corrected chi connectivity index (χ2v) is 9.79. The first kappa shape index (κ1) is 21.3. The fourth-order valence-corrected chi connectivity index (χ4v) is 5.09. The number of amides is 1. The van der Waals surface area contributed by atoms with Crippen LogP contribution in [0.15, 0.2) is 0 Å². The maximum atomic E-state index is 12.3. The zero-order valence-electron chi connectivity index (χ0n) is 16.4. The van der Waals surface area contributed by atoms with Crippen molar-refractivity contribution in [2.45, 2.75) is 59.4 Å². The number of carbonyl (C=O) groups excluding carboxylic acids is 2. The fraction of sp³-hybridized carbons (Fsp3) is 0.889. The van der Waals surface area contributed by atoms with Crippen molar-refractivity contribution in [3.05, 3.63) is 0 Å². The molecule has 2 fully saturated rings. The summed E-state index contributed by atoms with van der Waals surface area (Å²) in [6.45, 7) is 9.93. The standard InChI is InChI=1S/C18H33N3O4S/c1-13(2)17(22)15-5-9-20(10-6-15)16-7-11-21(12-8-16)26(24,25)19-18(23)14(3)4/h13-16H,5-12H2,1-4H3,(H,19,23). The number of hydrogen-bond donors (Lipinski definition) is 1. The molecule has 0 radical (unpaired) electrons. The summed E-state index contributed by atoms with van der Waals surface area (Å²) >= 11 is 0. The number of likely N-dealkylation sites (tertiary alicyclic amines) is 1. The highest BCUT2D eigenvalue weighted by atomic mass is 32.2. The second-order valence-electron chi connectivity index (χ2n) is 8.12. The third-order valence-corrected chi connectivity index (χ3v) is 7.04. The van der Waals surface area contributed by atoms with Gasteiger partial charge in [-0.25, -0.2) is 4.72 Å². The van der Waals surface area contributed by atoms with Gasteiger partial charge in [0.25, 0.3) is 0 Å². The van der Waals surface area contributed by atoms with Gasteiger partial charge in [-0.1, -0.05) is 27.7 Å². The third-order valence-electron chi connectivity index (χ3n) is 5.53. The van der Waals surface area contributed by atoms with Crippen molar-refractivity contribution in [3.63, 3.8) is 0 Å². The van der Waals surface area contributed by atoms with E-state index >= 15 is 0 Å². The number of piperidine rings is 2. The topological polar surface area (TPSA) is 86.8 Å². The van der Waals surface area contributed by atoms with Crippen LogP contribution in [0.25, 0.3) is 0 Å². The van der Waals surface area contributed by atoms with Gasteiger partial charge in [0.05, 0.1) is 0 Å². The molecule has 7 nitrogen and oxygen atoms in total. The van der Waals surface area contributed by atoms with Crippen LogP contribution in [0.4, 0.5) is 0 Å². The monoisotopic (exact) mass is 387 g/mol. The van der Waals surface area contributed by atoms with E-state index in [1.165, 1.54) is 4.31 Å². The summed E-state index contributed by atoms with van der Waals surface area (Å²) in [6, 6.07) is 0.359. The minimum absolute atomic E-state index is 0.0982. The molecule has 8 heteroatoms. The molecule has 150 valence electrons. The minimum Gasteiger partial charge on any atom is -0.300 e. The molecule has 0 bridgehead atoms. The molecule has 0 unspecified atom stereocenters. The van der Waals surface area contributed by atoms with Crippen molar-refractivity contribution in [2.75, 3.05) is 26.2 Å². The van der Waals surface area contributed by atoms with E-state index in [0.717, 1.165) is 38.8 Å². The Morgan fingerprint density at radius 2 is 1.42 bits per heavy atom. The number of Topliss-reactive ketones (excluding diaryl/α,β-unsaturated/α-hetero) is 1. The quantitative estimate of drug-likeness (QED) is 0.744. The summed E-state index contributed by atoms with van der Waals surface area (Å²) in [5.41, 5.74) is 0. The van der Waals surface area contributed by atoms with Crippen LogP contribution in [0.3, 0.4) is 0 Å². The minimum atomic E-state index is -3.74. The highest BCUT2D eigenvalue weighted by Crippen LogP contribution is 2.26. The smallest absolute Gasteiger partial charge is 0.300 e. The number of ketones is 1. The lowest BCUT2D eigenvalue weighted by Gasteiger charge is -2.41. The molecule has 0 aromatic heterocycles. The zero-order valence-corrected chi connectivity index (χ0v) is 17.2. The number of carbonyl (C=O) groups is 2. The Bertz CT molecular complexity index is 602. The van der Waals surface area contributed by atoms with Crippen LogP contribution in [0, 0.1) is 17.8 Å². The molecule has 0 aromatic rings. The van der Waals surface area contributed by atoms with Gasteiger partial charge < -0.3 is 4.90 Å². The van der Waals surface area contributed by atoms with Crippen molar-refractivity contribution in [3.8, 4) is 0 Å². The molecule has 2 heterocycles. The van der Waals surface area contributed by atoms with Crippen LogP contribution in [0.1, 0.15) is 53.4 Å². The number of nitrogens with zero attached hydrogens (tertiary/aromatic N) is 2. The molecule has 0 aliphatic carbocycles. The third kappa shape index (κ3) is 5.27. The van der Waals surface area contributed by atoms with Gasteiger partial charge in [0.1, 0.15) is 5.78 Å². The predicted molar refractivity (Wildman–Crippen MR) is 101 cm³/mol. The molecule has 26 heavy (non-hydrogen) atoms. The van der Waals surface area contributed by atoms with Crippen LogP contribution in [-0.4, -0.2) is 61.5 Å². The van der Waals surface area contributed by atoms with E-state index in [1.54, 1.807) is 13.8 Å². The van der Waals surface area contributed by atoms with Crippen LogP contribution < -0.4 is 4.72 Å². The largest absolute Gasteiger partial charge is 0.303 e.